The normalized spacial score (nSPS) is 12.1. The molecule has 0 atom stereocenters. The van der Waals surface area contributed by atoms with E-state index >= 15 is 0 Å². The predicted molar refractivity (Wildman–Crippen MR) is 107 cm³/mol. The van der Waals surface area contributed by atoms with Gasteiger partial charge in [0.05, 0.1) is 25.7 Å². The third-order valence-corrected chi connectivity index (χ3v) is 3.17. The topological polar surface area (TPSA) is 18.5 Å². The van der Waals surface area contributed by atoms with Gasteiger partial charge in [-0.25, -0.2) is 0 Å². The van der Waals surface area contributed by atoms with Gasteiger partial charge in [0.1, 0.15) is 0 Å². The Hall–Kier alpha value is -1.70. The Morgan fingerprint density at radius 3 is 1.29 bits per heavy atom. The maximum Gasteiger partial charge on any atom is 0.0896 e. The van der Waals surface area contributed by atoms with Crippen molar-refractivity contribution >= 4 is 11.1 Å². The van der Waals surface area contributed by atoms with Crippen LogP contribution in [-0.2, 0) is 9.47 Å². The second-order valence-corrected chi connectivity index (χ2v) is 6.63. The van der Waals surface area contributed by atoms with E-state index in [-0.39, 0.29) is 0 Å². The molecule has 0 N–H and O–H groups in total. The molecular weight excluding hydrogens is 296 g/mol. The number of benzene rings is 1. The summed E-state index contributed by atoms with van der Waals surface area (Å²) in [6.07, 6.45) is 3.70. The third kappa shape index (κ3) is 9.44. The molecule has 0 bridgehead atoms. The molecule has 0 radical (unpaired) electrons. The Morgan fingerprint density at radius 2 is 1.04 bits per heavy atom. The maximum absolute atomic E-state index is 5.57. The average Bonchev–Trinajstić information content (AvgIpc) is 2.56. The van der Waals surface area contributed by atoms with Gasteiger partial charge in [0.25, 0.3) is 0 Å². The lowest BCUT2D eigenvalue weighted by atomic mass is 10.0. The van der Waals surface area contributed by atoms with Crippen molar-refractivity contribution in [3.63, 3.8) is 0 Å². The van der Waals surface area contributed by atoms with Crippen LogP contribution in [0.3, 0.4) is 0 Å². The lowest BCUT2D eigenvalue weighted by Crippen LogP contribution is -1.97. The second kappa shape index (κ2) is 12.7. The highest BCUT2D eigenvalue weighted by Gasteiger charge is 2.00. The first-order valence-electron chi connectivity index (χ1n) is 9.07. The van der Waals surface area contributed by atoms with Crippen LogP contribution in [0, 0.1) is 11.8 Å². The number of hydrogen-bond donors (Lipinski definition) is 0. The van der Waals surface area contributed by atoms with Crippen molar-refractivity contribution < 1.29 is 9.47 Å². The van der Waals surface area contributed by atoms with Gasteiger partial charge in [-0.3, -0.25) is 0 Å². The van der Waals surface area contributed by atoms with Crippen LogP contribution in [0.1, 0.15) is 66.5 Å². The molecule has 136 valence electrons. The van der Waals surface area contributed by atoms with Gasteiger partial charge in [-0.1, -0.05) is 65.8 Å². The molecule has 0 aliphatic heterocycles. The Balaban J connectivity index is 0.00000254. The minimum Gasteiger partial charge on any atom is -0.501 e. The highest BCUT2D eigenvalue weighted by Crippen LogP contribution is 2.19. The number of ether oxygens (including phenoxy) is 2. The average molecular weight is 333 g/mol. The van der Waals surface area contributed by atoms with Gasteiger partial charge in [-0.05, 0) is 48.0 Å². The molecular formula is C22H36O2. The molecule has 2 heteroatoms. The number of rotatable bonds is 8. The van der Waals surface area contributed by atoms with E-state index < -0.39 is 0 Å². The second-order valence-electron chi connectivity index (χ2n) is 6.63. The largest absolute Gasteiger partial charge is 0.501 e. The fourth-order valence-electron chi connectivity index (χ4n) is 1.86. The molecule has 0 spiro atoms. The van der Waals surface area contributed by atoms with Crippen LogP contribution in [0.4, 0.5) is 0 Å². The van der Waals surface area contributed by atoms with Crippen molar-refractivity contribution in [2.45, 2.75) is 55.4 Å². The SMILES string of the molecule is C/C(=C\OCC(C)C)c1ccc(/C(C)=C/OCC(C)C)cc1.CC. The number of hydrogen-bond acceptors (Lipinski definition) is 2. The van der Waals surface area contributed by atoms with E-state index in [0.29, 0.717) is 11.8 Å². The molecule has 0 aliphatic carbocycles. The van der Waals surface area contributed by atoms with Crippen LogP contribution in [-0.4, -0.2) is 13.2 Å². The van der Waals surface area contributed by atoms with Crippen LogP contribution >= 0.6 is 0 Å². The van der Waals surface area contributed by atoms with E-state index in [1.54, 1.807) is 0 Å². The Labute approximate surface area is 149 Å². The minimum atomic E-state index is 0.546. The van der Waals surface area contributed by atoms with Crippen molar-refractivity contribution in [2.24, 2.45) is 11.8 Å². The molecule has 1 rings (SSSR count). The van der Waals surface area contributed by atoms with E-state index in [9.17, 15) is 0 Å². The molecule has 0 saturated carbocycles. The van der Waals surface area contributed by atoms with Crippen LogP contribution < -0.4 is 0 Å². The van der Waals surface area contributed by atoms with Gasteiger partial charge in [0, 0.05) is 0 Å². The summed E-state index contributed by atoms with van der Waals surface area (Å²) in [7, 11) is 0. The third-order valence-electron chi connectivity index (χ3n) is 3.17. The molecule has 0 unspecified atom stereocenters. The summed E-state index contributed by atoms with van der Waals surface area (Å²) in [5.74, 6) is 1.09. The highest BCUT2D eigenvalue weighted by atomic mass is 16.5. The molecule has 0 fully saturated rings. The summed E-state index contributed by atoms with van der Waals surface area (Å²) in [6, 6.07) is 8.50. The van der Waals surface area contributed by atoms with Gasteiger partial charge >= 0.3 is 0 Å². The summed E-state index contributed by atoms with van der Waals surface area (Å²) in [5.41, 5.74) is 4.65. The van der Waals surface area contributed by atoms with Crippen molar-refractivity contribution in [3.8, 4) is 0 Å². The fourth-order valence-corrected chi connectivity index (χ4v) is 1.86. The van der Waals surface area contributed by atoms with Gasteiger partial charge in [-0.15, -0.1) is 0 Å². The van der Waals surface area contributed by atoms with E-state index in [0.717, 1.165) is 24.4 Å². The zero-order chi connectivity index (χ0) is 18.5. The first-order chi connectivity index (χ1) is 11.4. The van der Waals surface area contributed by atoms with Gasteiger partial charge in [-0.2, -0.15) is 0 Å². The van der Waals surface area contributed by atoms with Gasteiger partial charge in [0.2, 0.25) is 0 Å². The zero-order valence-electron chi connectivity index (χ0n) is 16.8. The summed E-state index contributed by atoms with van der Waals surface area (Å²) >= 11 is 0. The van der Waals surface area contributed by atoms with E-state index in [1.165, 1.54) is 11.1 Å². The van der Waals surface area contributed by atoms with Crippen molar-refractivity contribution in [1.29, 1.82) is 0 Å². The Morgan fingerprint density at radius 1 is 0.750 bits per heavy atom. The molecule has 0 aromatic heterocycles. The highest BCUT2D eigenvalue weighted by molar-refractivity contribution is 5.68. The summed E-state index contributed by atoms with van der Waals surface area (Å²) in [5, 5.41) is 0. The molecule has 2 nitrogen and oxygen atoms in total. The maximum atomic E-state index is 5.57. The Kier molecular flexibility index (Phi) is 11.8. The van der Waals surface area contributed by atoms with E-state index in [4.69, 9.17) is 9.47 Å². The lowest BCUT2D eigenvalue weighted by Gasteiger charge is -2.08. The lowest BCUT2D eigenvalue weighted by molar-refractivity contribution is 0.212. The molecule has 0 saturated heterocycles. The molecule has 1 aromatic rings. The van der Waals surface area contributed by atoms with E-state index in [2.05, 4.69) is 65.8 Å². The zero-order valence-corrected chi connectivity index (χ0v) is 16.8. The standard InChI is InChI=1S/C20H30O2.C2H6/c1-15(2)11-21-13-17(5)19-7-9-20(10-8-19)18(6)14-22-12-16(3)4;1-2/h7-10,13-16H,11-12H2,1-6H3;1-2H3/b17-13+,18-14+;. The molecule has 24 heavy (non-hydrogen) atoms. The van der Waals surface area contributed by atoms with Gasteiger partial charge < -0.3 is 9.47 Å². The first-order valence-corrected chi connectivity index (χ1v) is 9.07. The summed E-state index contributed by atoms with van der Waals surface area (Å²) in [6.45, 7) is 18.2. The minimum absolute atomic E-state index is 0.546. The van der Waals surface area contributed by atoms with Crippen molar-refractivity contribution in [1.82, 2.24) is 0 Å². The Bertz CT molecular complexity index is 446. The summed E-state index contributed by atoms with van der Waals surface area (Å²) < 4.78 is 11.1. The predicted octanol–water partition coefficient (Wildman–Crippen LogP) is 6.78. The molecule has 0 aliphatic rings. The summed E-state index contributed by atoms with van der Waals surface area (Å²) in [4.78, 5) is 0. The van der Waals surface area contributed by atoms with Crippen LogP contribution in [0.15, 0.2) is 36.8 Å². The fraction of sp³-hybridized carbons (Fsp3) is 0.545. The quantitative estimate of drug-likeness (QED) is 0.488. The molecule has 0 heterocycles. The number of allylic oxidation sites excluding steroid dienone is 2. The monoisotopic (exact) mass is 332 g/mol. The van der Waals surface area contributed by atoms with Crippen molar-refractivity contribution in [2.75, 3.05) is 13.2 Å². The molecule has 1 aromatic carbocycles. The molecule has 0 amide bonds. The smallest absolute Gasteiger partial charge is 0.0896 e. The van der Waals surface area contributed by atoms with Crippen LogP contribution in [0.25, 0.3) is 11.1 Å². The first kappa shape index (κ1) is 22.3. The van der Waals surface area contributed by atoms with Crippen molar-refractivity contribution in [3.05, 3.63) is 47.9 Å². The van der Waals surface area contributed by atoms with Crippen LogP contribution in [0.2, 0.25) is 0 Å². The van der Waals surface area contributed by atoms with Crippen LogP contribution in [0.5, 0.6) is 0 Å². The van der Waals surface area contributed by atoms with Gasteiger partial charge in [0.15, 0.2) is 0 Å². The van der Waals surface area contributed by atoms with E-state index in [1.807, 2.05) is 26.4 Å².